The van der Waals surface area contributed by atoms with Crippen LogP contribution < -0.4 is 22.5 Å². The van der Waals surface area contributed by atoms with Gasteiger partial charge in [-0.1, -0.05) is 19.3 Å². The van der Waals surface area contributed by atoms with Crippen molar-refractivity contribution in [3.8, 4) is 0 Å². The number of hydrazine groups is 2. The summed E-state index contributed by atoms with van der Waals surface area (Å²) in [7, 11) is 0. The van der Waals surface area contributed by atoms with Crippen LogP contribution in [0.15, 0.2) is 0 Å². The summed E-state index contributed by atoms with van der Waals surface area (Å²) in [6, 6.07) is 0. The first-order valence-corrected chi connectivity index (χ1v) is 3.78. The van der Waals surface area contributed by atoms with Crippen molar-refractivity contribution in [2.24, 2.45) is 11.7 Å². The van der Waals surface area contributed by atoms with Crippen LogP contribution in [0.4, 0.5) is 0 Å². The molecular formula is C6H16N4. The second-order valence-electron chi connectivity index (χ2n) is 2.93. The molecule has 0 saturated heterocycles. The third kappa shape index (κ3) is 1.46. The molecule has 0 aromatic heterocycles. The number of nitrogens with one attached hydrogen (secondary N) is 2. The Bertz CT molecular complexity index is 91.9. The molecule has 0 unspecified atom stereocenters. The molecule has 0 aliphatic heterocycles. The van der Waals surface area contributed by atoms with Gasteiger partial charge in [-0.3, -0.25) is 11.7 Å². The van der Waals surface area contributed by atoms with E-state index in [4.69, 9.17) is 11.7 Å². The fraction of sp³-hybridized carbons (Fsp3) is 1.00. The van der Waals surface area contributed by atoms with E-state index in [9.17, 15) is 0 Å². The van der Waals surface area contributed by atoms with Gasteiger partial charge in [0.05, 0.1) is 5.66 Å². The normalized spacial score (nSPS) is 24.6. The van der Waals surface area contributed by atoms with Gasteiger partial charge in [0.2, 0.25) is 0 Å². The fourth-order valence-electron chi connectivity index (χ4n) is 1.49. The van der Waals surface area contributed by atoms with Crippen LogP contribution >= 0.6 is 0 Å². The Labute approximate surface area is 61.3 Å². The van der Waals surface area contributed by atoms with Gasteiger partial charge in [-0.25, -0.2) is 10.9 Å². The van der Waals surface area contributed by atoms with Gasteiger partial charge in [-0.2, -0.15) is 0 Å². The van der Waals surface area contributed by atoms with E-state index in [2.05, 4.69) is 10.9 Å². The predicted molar refractivity (Wildman–Crippen MR) is 40.5 cm³/mol. The van der Waals surface area contributed by atoms with Crippen molar-refractivity contribution in [3.63, 3.8) is 0 Å². The van der Waals surface area contributed by atoms with E-state index in [1.165, 1.54) is 19.3 Å². The summed E-state index contributed by atoms with van der Waals surface area (Å²) in [5.74, 6) is 10.7. The zero-order chi connectivity index (χ0) is 7.45. The maximum atomic E-state index is 5.36. The van der Waals surface area contributed by atoms with Crippen LogP contribution in [0.1, 0.15) is 32.1 Å². The van der Waals surface area contributed by atoms with Crippen molar-refractivity contribution in [1.82, 2.24) is 10.9 Å². The molecule has 10 heavy (non-hydrogen) atoms. The first-order chi connectivity index (χ1) is 4.83. The van der Waals surface area contributed by atoms with E-state index >= 15 is 0 Å². The molecule has 0 atom stereocenters. The van der Waals surface area contributed by atoms with Crippen LogP contribution in [-0.2, 0) is 0 Å². The highest BCUT2D eigenvalue weighted by Crippen LogP contribution is 2.23. The van der Waals surface area contributed by atoms with E-state index in [0.717, 1.165) is 12.8 Å². The highest BCUT2D eigenvalue weighted by atomic mass is 15.4. The molecule has 4 nitrogen and oxygen atoms in total. The fourth-order valence-corrected chi connectivity index (χ4v) is 1.49. The Balaban J connectivity index is 2.44. The standard InChI is InChI=1S/C6H16N4/c7-9-6(10-8)4-2-1-3-5-6/h9-10H,1-5,7-8H2. The minimum atomic E-state index is -0.182. The molecule has 1 rings (SSSR count). The van der Waals surface area contributed by atoms with E-state index in [-0.39, 0.29) is 5.66 Å². The van der Waals surface area contributed by atoms with Crippen LogP contribution in [0.5, 0.6) is 0 Å². The van der Waals surface area contributed by atoms with Crippen LogP contribution in [-0.4, -0.2) is 5.66 Å². The molecule has 4 heteroatoms. The molecule has 1 saturated carbocycles. The topological polar surface area (TPSA) is 76.1 Å². The average Bonchev–Trinajstić information content (AvgIpc) is 2.06. The summed E-state index contributed by atoms with van der Waals surface area (Å²) in [6.45, 7) is 0. The Kier molecular flexibility index (Phi) is 2.62. The Morgan fingerprint density at radius 3 is 1.70 bits per heavy atom. The Morgan fingerprint density at radius 1 is 0.900 bits per heavy atom. The number of rotatable bonds is 2. The van der Waals surface area contributed by atoms with E-state index in [0.29, 0.717) is 0 Å². The second kappa shape index (κ2) is 3.30. The highest BCUT2D eigenvalue weighted by molar-refractivity contribution is 4.83. The van der Waals surface area contributed by atoms with Crippen LogP contribution in [0.25, 0.3) is 0 Å². The lowest BCUT2D eigenvalue weighted by atomic mass is 9.90. The smallest absolute Gasteiger partial charge is 0.0937 e. The molecule has 0 aromatic carbocycles. The van der Waals surface area contributed by atoms with Gasteiger partial charge in [0.15, 0.2) is 0 Å². The van der Waals surface area contributed by atoms with Gasteiger partial charge in [0.1, 0.15) is 0 Å². The minimum Gasteiger partial charge on any atom is -0.270 e. The molecule has 0 spiro atoms. The zero-order valence-electron chi connectivity index (χ0n) is 6.19. The van der Waals surface area contributed by atoms with E-state index in [1.807, 2.05) is 0 Å². The van der Waals surface area contributed by atoms with Crippen molar-refractivity contribution < 1.29 is 0 Å². The first kappa shape index (κ1) is 7.94. The van der Waals surface area contributed by atoms with Crippen LogP contribution in [0.3, 0.4) is 0 Å². The Hall–Kier alpha value is -0.160. The average molecular weight is 144 g/mol. The summed E-state index contributed by atoms with van der Waals surface area (Å²) < 4.78 is 0. The number of hydrogen-bond donors (Lipinski definition) is 4. The molecule has 1 aliphatic rings. The second-order valence-corrected chi connectivity index (χ2v) is 2.93. The lowest BCUT2D eigenvalue weighted by Crippen LogP contribution is -2.63. The van der Waals surface area contributed by atoms with Crippen molar-refractivity contribution in [2.45, 2.75) is 37.8 Å². The van der Waals surface area contributed by atoms with Crippen molar-refractivity contribution in [2.75, 3.05) is 0 Å². The maximum Gasteiger partial charge on any atom is 0.0937 e. The SMILES string of the molecule is NNC1(NN)CCCCC1. The summed E-state index contributed by atoms with van der Waals surface area (Å²) in [5.41, 5.74) is 5.28. The molecular weight excluding hydrogens is 128 g/mol. The quantitative estimate of drug-likeness (QED) is 0.241. The molecule has 0 aromatic rings. The minimum absolute atomic E-state index is 0.182. The van der Waals surface area contributed by atoms with Crippen molar-refractivity contribution in [1.29, 1.82) is 0 Å². The molecule has 0 amide bonds. The highest BCUT2D eigenvalue weighted by Gasteiger charge is 2.28. The largest absolute Gasteiger partial charge is 0.270 e. The number of hydrogen-bond acceptors (Lipinski definition) is 4. The van der Waals surface area contributed by atoms with Crippen LogP contribution in [0.2, 0.25) is 0 Å². The molecule has 0 heterocycles. The molecule has 0 radical (unpaired) electrons. The molecule has 60 valence electrons. The van der Waals surface area contributed by atoms with Crippen molar-refractivity contribution >= 4 is 0 Å². The van der Waals surface area contributed by atoms with Gasteiger partial charge >= 0.3 is 0 Å². The van der Waals surface area contributed by atoms with Gasteiger partial charge in [0.25, 0.3) is 0 Å². The van der Waals surface area contributed by atoms with Gasteiger partial charge < -0.3 is 0 Å². The van der Waals surface area contributed by atoms with Gasteiger partial charge in [0, 0.05) is 0 Å². The number of nitrogens with two attached hydrogens (primary N) is 2. The monoisotopic (exact) mass is 144 g/mol. The van der Waals surface area contributed by atoms with Crippen LogP contribution in [0, 0.1) is 0 Å². The Morgan fingerprint density at radius 2 is 1.40 bits per heavy atom. The first-order valence-electron chi connectivity index (χ1n) is 3.78. The summed E-state index contributed by atoms with van der Waals surface area (Å²) in [6.07, 6.45) is 5.76. The van der Waals surface area contributed by atoms with E-state index < -0.39 is 0 Å². The molecule has 6 N–H and O–H groups in total. The lowest BCUT2D eigenvalue weighted by molar-refractivity contribution is 0.184. The molecule has 1 aliphatic carbocycles. The summed E-state index contributed by atoms with van der Waals surface area (Å²) in [4.78, 5) is 0. The lowest BCUT2D eigenvalue weighted by Gasteiger charge is -2.35. The zero-order valence-corrected chi connectivity index (χ0v) is 6.19. The molecule has 0 bridgehead atoms. The third-order valence-electron chi connectivity index (χ3n) is 2.26. The van der Waals surface area contributed by atoms with E-state index in [1.54, 1.807) is 0 Å². The van der Waals surface area contributed by atoms with Gasteiger partial charge in [-0.15, -0.1) is 0 Å². The van der Waals surface area contributed by atoms with Gasteiger partial charge in [-0.05, 0) is 12.8 Å². The predicted octanol–water partition coefficient (Wildman–Crippen LogP) is -0.427. The molecule has 1 fully saturated rings. The van der Waals surface area contributed by atoms with Crippen molar-refractivity contribution in [3.05, 3.63) is 0 Å². The summed E-state index contributed by atoms with van der Waals surface area (Å²) in [5, 5.41) is 0. The summed E-state index contributed by atoms with van der Waals surface area (Å²) >= 11 is 0. The third-order valence-corrected chi connectivity index (χ3v) is 2.26. The maximum absolute atomic E-state index is 5.36.